The maximum absolute atomic E-state index is 6.04. The smallest absolute Gasteiger partial charge is 0.0732 e. The van der Waals surface area contributed by atoms with Crippen LogP contribution < -0.4 is 5.32 Å². The van der Waals surface area contributed by atoms with E-state index in [0.717, 1.165) is 5.92 Å². The van der Waals surface area contributed by atoms with E-state index in [1.165, 1.54) is 38.6 Å². The van der Waals surface area contributed by atoms with Crippen molar-refractivity contribution < 1.29 is 4.74 Å². The first kappa shape index (κ1) is 10.4. The number of hydrogen-bond acceptors (Lipinski definition) is 2. The van der Waals surface area contributed by atoms with Crippen molar-refractivity contribution in [2.75, 3.05) is 6.54 Å². The predicted octanol–water partition coefficient (Wildman–Crippen LogP) is 2.33. The third-order valence-corrected chi connectivity index (χ3v) is 3.74. The van der Waals surface area contributed by atoms with Gasteiger partial charge in [-0.15, -0.1) is 0 Å². The summed E-state index contributed by atoms with van der Waals surface area (Å²) in [6.07, 6.45) is 7.40. The molecule has 0 amide bonds. The summed E-state index contributed by atoms with van der Waals surface area (Å²) in [5, 5.41) is 3.61. The molecule has 0 bridgehead atoms. The van der Waals surface area contributed by atoms with Gasteiger partial charge >= 0.3 is 0 Å². The highest BCUT2D eigenvalue weighted by atomic mass is 16.5. The molecule has 0 aromatic heterocycles. The van der Waals surface area contributed by atoms with E-state index in [2.05, 4.69) is 19.2 Å². The molecule has 1 N–H and O–H groups in total. The van der Waals surface area contributed by atoms with Gasteiger partial charge in [-0.1, -0.05) is 13.8 Å². The monoisotopic (exact) mass is 197 g/mol. The fraction of sp³-hybridized carbons (Fsp3) is 1.00. The fourth-order valence-electron chi connectivity index (χ4n) is 2.76. The van der Waals surface area contributed by atoms with Gasteiger partial charge in [-0.05, 0) is 44.6 Å². The molecule has 2 aliphatic rings. The van der Waals surface area contributed by atoms with Crippen molar-refractivity contribution in [3.05, 3.63) is 0 Å². The molecule has 0 spiro atoms. The number of ether oxygens (including phenoxy) is 1. The SMILES string of the molecule is CC[C@@H]1CC[C@H]([C@@H]2C[C@@H](C)CCN2)O1. The van der Waals surface area contributed by atoms with E-state index in [4.69, 9.17) is 4.74 Å². The first-order valence-corrected chi connectivity index (χ1v) is 6.18. The molecule has 0 saturated carbocycles. The van der Waals surface area contributed by atoms with Crippen LogP contribution in [0.15, 0.2) is 0 Å². The first-order chi connectivity index (χ1) is 6.79. The van der Waals surface area contributed by atoms with Crippen LogP contribution in [0, 0.1) is 5.92 Å². The van der Waals surface area contributed by atoms with Crippen molar-refractivity contribution in [2.24, 2.45) is 5.92 Å². The molecule has 0 aliphatic carbocycles. The van der Waals surface area contributed by atoms with Crippen LogP contribution in [-0.2, 0) is 4.74 Å². The van der Waals surface area contributed by atoms with E-state index in [1.807, 2.05) is 0 Å². The molecular weight excluding hydrogens is 174 g/mol. The summed E-state index contributed by atoms with van der Waals surface area (Å²) < 4.78 is 6.04. The van der Waals surface area contributed by atoms with Crippen molar-refractivity contribution in [2.45, 2.75) is 64.2 Å². The zero-order valence-corrected chi connectivity index (χ0v) is 9.46. The van der Waals surface area contributed by atoms with E-state index in [9.17, 15) is 0 Å². The van der Waals surface area contributed by atoms with Gasteiger partial charge in [0.1, 0.15) is 0 Å². The largest absolute Gasteiger partial charge is 0.373 e. The fourth-order valence-corrected chi connectivity index (χ4v) is 2.76. The number of rotatable bonds is 2. The molecular formula is C12H23NO. The van der Waals surface area contributed by atoms with E-state index in [1.54, 1.807) is 0 Å². The molecule has 2 heteroatoms. The van der Waals surface area contributed by atoms with E-state index < -0.39 is 0 Å². The molecule has 2 saturated heterocycles. The Morgan fingerprint density at radius 3 is 2.79 bits per heavy atom. The zero-order valence-electron chi connectivity index (χ0n) is 9.46. The summed E-state index contributed by atoms with van der Waals surface area (Å²) in [7, 11) is 0. The topological polar surface area (TPSA) is 21.3 Å². The Labute approximate surface area is 87.4 Å². The molecule has 0 radical (unpaired) electrons. The lowest BCUT2D eigenvalue weighted by molar-refractivity contribution is 0.0114. The van der Waals surface area contributed by atoms with Crippen LogP contribution in [-0.4, -0.2) is 24.8 Å². The highest BCUT2D eigenvalue weighted by Gasteiger charge is 2.32. The molecule has 4 atom stereocenters. The van der Waals surface area contributed by atoms with E-state index >= 15 is 0 Å². The summed E-state index contributed by atoms with van der Waals surface area (Å²) in [5.41, 5.74) is 0. The molecule has 14 heavy (non-hydrogen) atoms. The number of piperidine rings is 1. The lowest BCUT2D eigenvalue weighted by Crippen LogP contribution is -2.45. The Hall–Kier alpha value is -0.0800. The maximum atomic E-state index is 6.04. The Morgan fingerprint density at radius 2 is 2.14 bits per heavy atom. The highest BCUT2D eigenvalue weighted by molar-refractivity contribution is 4.87. The van der Waals surface area contributed by atoms with Gasteiger partial charge in [0.2, 0.25) is 0 Å². The van der Waals surface area contributed by atoms with E-state index in [0.29, 0.717) is 18.2 Å². The molecule has 0 aromatic rings. The summed E-state index contributed by atoms with van der Waals surface area (Å²) in [6, 6.07) is 0.635. The van der Waals surface area contributed by atoms with Crippen molar-refractivity contribution in [1.29, 1.82) is 0 Å². The summed E-state index contributed by atoms with van der Waals surface area (Å²) in [5.74, 6) is 0.880. The van der Waals surface area contributed by atoms with Gasteiger partial charge in [0.15, 0.2) is 0 Å². The lowest BCUT2D eigenvalue weighted by atomic mass is 9.90. The van der Waals surface area contributed by atoms with Crippen LogP contribution in [0.5, 0.6) is 0 Å². The van der Waals surface area contributed by atoms with Gasteiger partial charge in [-0.25, -0.2) is 0 Å². The summed E-state index contributed by atoms with van der Waals surface area (Å²) >= 11 is 0. The second-order valence-electron chi connectivity index (χ2n) is 4.97. The Morgan fingerprint density at radius 1 is 1.29 bits per heavy atom. The molecule has 0 unspecified atom stereocenters. The minimum Gasteiger partial charge on any atom is -0.373 e. The summed E-state index contributed by atoms with van der Waals surface area (Å²) in [6.45, 7) is 5.77. The quantitative estimate of drug-likeness (QED) is 0.733. The molecule has 82 valence electrons. The van der Waals surface area contributed by atoms with Crippen molar-refractivity contribution in [1.82, 2.24) is 5.32 Å². The van der Waals surface area contributed by atoms with Crippen LogP contribution in [0.1, 0.15) is 46.0 Å². The minimum absolute atomic E-state index is 0.502. The molecule has 2 aliphatic heterocycles. The van der Waals surface area contributed by atoms with Crippen molar-refractivity contribution in [3.63, 3.8) is 0 Å². The minimum atomic E-state index is 0.502. The molecule has 0 aromatic carbocycles. The van der Waals surface area contributed by atoms with Crippen LogP contribution in [0.25, 0.3) is 0 Å². The van der Waals surface area contributed by atoms with Gasteiger partial charge < -0.3 is 10.1 Å². The van der Waals surface area contributed by atoms with Crippen LogP contribution in [0.3, 0.4) is 0 Å². The first-order valence-electron chi connectivity index (χ1n) is 6.18. The Kier molecular flexibility index (Phi) is 3.45. The lowest BCUT2D eigenvalue weighted by Gasteiger charge is -2.32. The molecule has 2 nitrogen and oxygen atoms in total. The van der Waals surface area contributed by atoms with Crippen molar-refractivity contribution >= 4 is 0 Å². The second-order valence-corrected chi connectivity index (χ2v) is 4.97. The van der Waals surface area contributed by atoms with Crippen LogP contribution in [0.2, 0.25) is 0 Å². The standard InChI is InChI=1S/C12H23NO/c1-3-10-4-5-12(14-10)11-8-9(2)6-7-13-11/h9-13H,3-8H2,1-2H3/t9-,10+,11-,12+/m0/s1. The third kappa shape index (κ3) is 2.29. The highest BCUT2D eigenvalue weighted by Crippen LogP contribution is 2.28. The summed E-state index contributed by atoms with van der Waals surface area (Å²) in [4.78, 5) is 0. The van der Waals surface area contributed by atoms with Gasteiger partial charge in [0, 0.05) is 6.04 Å². The van der Waals surface area contributed by atoms with Gasteiger partial charge in [-0.2, -0.15) is 0 Å². The average Bonchev–Trinajstić information content (AvgIpc) is 2.66. The van der Waals surface area contributed by atoms with Crippen LogP contribution >= 0.6 is 0 Å². The second kappa shape index (κ2) is 4.63. The van der Waals surface area contributed by atoms with Crippen LogP contribution in [0.4, 0.5) is 0 Å². The Bertz CT molecular complexity index is 183. The van der Waals surface area contributed by atoms with E-state index in [-0.39, 0.29) is 0 Å². The zero-order chi connectivity index (χ0) is 9.97. The third-order valence-electron chi connectivity index (χ3n) is 3.74. The number of nitrogens with one attached hydrogen (secondary N) is 1. The molecule has 2 heterocycles. The molecule has 2 rings (SSSR count). The van der Waals surface area contributed by atoms with Gasteiger partial charge in [0.25, 0.3) is 0 Å². The van der Waals surface area contributed by atoms with Gasteiger partial charge in [-0.3, -0.25) is 0 Å². The maximum Gasteiger partial charge on any atom is 0.0732 e. The molecule has 2 fully saturated rings. The number of hydrogen-bond donors (Lipinski definition) is 1. The average molecular weight is 197 g/mol. The predicted molar refractivity (Wildman–Crippen MR) is 58.4 cm³/mol. The normalized spacial score (nSPS) is 44.1. The van der Waals surface area contributed by atoms with Gasteiger partial charge in [0.05, 0.1) is 12.2 Å². The Balaban J connectivity index is 1.83. The van der Waals surface area contributed by atoms with Crippen molar-refractivity contribution in [3.8, 4) is 0 Å².